The van der Waals surface area contributed by atoms with Crippen molar-refractivity contribution in [1.29, 1.82) is 0 Å². The molecule has 0 bridgehead atoms. The fraction of sp³-hybridized carbons (Fsp3) is 0.864. The molecule has 0 amide bonds. The van der Waals surface area contributed by atoms with Crippen molar-refractivity contribution in [2.45, 2.75) is 117 Å². The third kappa shape index (κ3) is 16.1. The monoisotopic (exact) mass is 338 g/mol. The predicted molar refractivity (Wildman–Crippen MR) is 105 cm³/mol. The molecule has 0 aliphatic carbocycles. The molecule has 0 radical (unpaired) electrons. The minimum atomic E-state index is -0.626. The summed E-state index contributed by atoms with van der Waals surface area (Å²) in [4.78, 5) is 11.3. The van der Waals surface area contributed by atoms with E-state index in [1.54, 1.807) is 0 Å². The SMILES string of the molecule is CCCC=CCC(CCCCCCCCCCCCCC)C(=O)O. The van der Waals surface area contributed by atoms with Crippen LogP contribution in [0.3, 0.4) is 0 Å². The Kier molecular flexibility index (Phi) is 17.9. The summed E-state index contributed by atoms with van der Waals surface area (Å²) in [7, 11) is 0. The average molecular weight is 339 g/mol. The van der Waals surface area contributed by atoms with E-state index in [1.165, 1.54) is 70.6 Å². The van der Waals surface area contributed by atoms with Gasteiger partial charge < -0.3 is 5.11 Å². The maximum Gasteiger partial charge on any atom is 0.306 e. The summed E-state index contributed by atoms with van der Waals surface area (Å²) in [6, 6.07) is 0. The molecule has 0 aliphatic rings. The summed E-state index contributed by atoms with van der Waals surface area (Å²) < 4.78 is 0. The number of carbonyl (C=O) groups is 1. The second-order valence-electron chi connectivity index (χ2n) is 7.21. The molecule has 1 N–H and O–H groups in total. The number of carboxylic acids is 1. The van der Waals surface area contributed by atoms with Crippen LogP contribution in [0.1, 0.15) is 117 Å². The fourth-order valence-corrected chi connectivity index (χ4v) is 3.12. The summed E-state index contributed by atoms with van der Waals surface area (Å²) in [6.45, 7) is 4.41. The standard InChI is InChI=1S/C22H42O2/c1-3-5-7-9-10-11-12-13-14-15-16-18-20-21(22(23)24)19-17-8-6-4-2/h8,17,21H,3-7,9-16,18-20H2,1-2H3,(H,23,24). The van der Waals surface area contributed by atoms with E-state index in [0.29, 0.717) is 6.42 Å². The first-order valence-corrected chi connectivity index (χ1v) is 10.6. The van der Waals surface area contributed by atoms with E-state index in [0.717, 1.165) is 25.7 Å². The Hall–Kier alpha value is -0.790. The van der Waals surface area contributed by atoms with Gasteiger partial charge in [-0.25, -0.2) is 0 Å². The Labute approximate surface area is 151 Å². The molecule has 0 saturated heterocycles. The number of rotatable bonds is 18. The maximum absolute atomic E-state index is 11.3. The molecule has 0 aromatic rings. The molecule has 0 aliphatic heterocycles. The van der Waals surface area contributed by atoms with Crippen LogP contribution in [0.4, 0.5) is 0 Å². The highest BCUT2D eigenvalue weighted by Gasteiger charge is 2.14. The number of aliphatic carboxylic acids is 1. The molecular weight excluding hydrogens is 296 g/mol. The quantitative estimate of drug-likeness (QED) is 0.207. The zero-order valence-corrected chi connectivity index (χ0v) is 16.4. The van der Waals surface area contributed by atoms with Crippen molar-refractivity contribution in [3.63, 3.8) is 0 Å². The molecule has 0 heterocycles. The van der Waals surface area contributed by atoms with Gasteiger partial charge in [0.05, 0.1) is 5.92 Å². The van der Waals surface area contributed by atoms with Crippen molar-refractivity contribution in [3.05, 3.63) is 12.2 Å². The smallest absolute Gasteiger partial charge is 0.306 e. The van der Waals surface area contributed by atoms with E-state index in [4.69, 9.17) is 0 Å². The first-order valence-electron chi connectivity index (χ1n) is 10.6. The summed E-state index contributed by atoms with van der Waals surface area (Å²) >= 11 is 0. The lowest BCUT2D eigenvalue weighted by atomic mass is 9.96. The lowest BCUT2D eigenvalue weighted by Gasteiger charge is -2.09. The molecule has 0 fully saturated rings. The van der Waals surface area contributed by atoms with Crippen LogP contribution >= 0.6 is 0 Å². The molecule has 142 valence electrons. The van der Waals surface area contributed by atoms with Gasteiger partial charge in [0, 0.05) is 0 Å². The van der Waals surface area contributed by atoms with Crippen LogP contribution in [-0.2, 0) is 4.79 Å². The van der Waals surface area contributed by atoms with Gasteiger partial charge in [0.1, 0.15) is 0 Å². The van der Waals surface area contributed by atoms with Gasteiger partial charge in [-0.1, -0.05) is 109 Å². The Morgan fingerprint density at radius 1 is 0.750 bits per heavy atom. The van der Waals surface area contributed by atoms with Crippen LogP contribution in [0.25, 0.3) is 0 Å². The minimum absolute atomic E-state index is 0.179. The van der Waals surface area contributed by atoms with Gasteiger partial charge in [0.2, 0.25) is 0 Å². The molecule has 2 nitrogen and oxygen atoms in total. The lowest BCUT2D eigenvalue weighted by Crippen LogP contribution is -2.12. The zero-order valence-electron chi connectivity index (χ0n) is 16.4. The molecule has 0 spiro atoms. The van der Waals surface area contributed by atoms with Gasteiger partial charge in [-0.05, 0) is 19.3 Å². The van der Waals surface area contributed by atoms with E-state index < -0.39 is 5.97 Å². The number of carboxylic acid groups (broad SMARTS) is 1. The van der Waals surface area contributed by atoms with E-state index in [9.17, 15) is 9.90 Å². The largest absolute Gasteiger partial charge is 0.481 e. The molecule has 1 atom stereocenters. The Morgan fingerprint density at radius 3 is 1.71 bits per heavy atom. The van der Waals surface area contributed by atoms with E-state index in [1.807, 2.05) is 0 Å². The molecule has 2 heteroatoms. The highest BCUT2D eigenvalue weighted by Crippen LogP contribution is 2.17. The summed E-state index contributed by atoms with van der Waals surface area (Å²) in [5.74, 6) is -0.805. The molecule has 1 unspecified atom stereocenters. The number of hydrogen-bond acceptors (Lipinski definition) is 1. The van der Waals surface area contributed by atoms with Crippen molar-refractivity contribution >= 4 is 5.97 Å². The van der Waals surface area contributed by atoms with Crippen molar-refractivity contribution in [2.24, 2.45) is 5.92 Å². The van der Waals surface area contributed by atoms with Gasteiger partial charge in [-0.2, -0.15) is 0 Å². The first-order chi connectivity index (χ1) is 11.7. The molecule has 0 saturated carbocycles. The van der Waals surface area contributed by atoms with Crippen LogP contribution in [0.5, 0.6) is 0 Å². The molecule has 0 aromatic heterocycles. The van der Waals surface area contributed by atoms with E-state index in [2.05, 4.69) is 26.0 Å². The van der Waals surface area contributed by atoms with Gasteiger partial charge in [-0.3, -0.25) is 4.79 Å². The third-order valence-electron chi connectivity index (χ3n) is 4.80. The normalized spacial score (nSPS) is 12.8. The molecular formula is C22H42O2. The Bertz CT molecular complexity index is 296. The fourth-order valence-electron chi connectivity index (χ4n) is 3.12. The van der Waals surface area contributed by atoms with Crippen molar-refractivity contribution in [3.8, 4) is 0 Å². The van der Waals surface area contributed by atoms with Crippen LogP contribution < -0.4 is 0 Å². The van der Waals surface area contributed by atoms with Crippen molar-refractivity contribution < 1.29 is 9.90 Å². The summed E-state index contributed by atoms with van der Waals surface area (Å²) in [6.07, 6.45) is 23.9. The number of allylic oxidation sites excluding steroid dienone is 2. The van der Waals surface area contributed by atoms with Gasteiger partial charge in [0.15, 0.2) is 0 Å². The van der Waals surface area contributed by atoms with E-state index in [-0.39, 0.29) is 5.92 Å². The first kappa shape index (κ1) is 23.2. The van der Waals surface area contributed by atoms with Crippen molar-refractivity contribution in [2.75, 3.05) is 0 Å². The van der Waals surface area contributed by atoms with Crippen LogP contribution in [0.15, 0.2) is 12.2 Å². The average Bonchev–Trinajstić information content (AvgIpc) is 2.57. The van der Waals surface area contributed by atoms with E-state index >= 15 is 0 Å². The van der Waals surface area contributed by atoms with Gasteiger partial charge in [0.25, 0.3) is 0 Å². The summed E-state index contributed by atoms with van der Waals surface area (Å²) in [5.41, 5.74) is 0. The molecule has 24 heavy (non-hydrogen) atoms. The van der Waals surface area contributed by atoms with Crippen LogP contribution in [-0.4, -0.2) is 11.1 Å². The van der Waals surface area contributed by atoms with Crippen LogP contribution in [0, 0.1) is 5.92 Å². The number of unbranched alkanes of at least 4 members (excludes halogenated alkanes) is 12. The highest BCUT2D eigenvalue weighted by atomic mass is 16.4. The van der Waals surface area contributed by atoms with Crippen molar-refractivity contribution in [1.82, 2.24) is 0 Å². The maximum atomic E-state index is 11.3. The third-order valence-corrected chi connectivity index (χ3v) is 4.80. The summed E-state index contributed by atoms with van der Waals surface area (Å²) in [5, 5.41) is 9.27. The second kappa shape index (κ2) is 18.5. The Morgan fingerprint density at radius 2 is 1.25 bits per heavy atom. The van der Waals surface area contributed by atoms with Gasteiger partial charge in [-0.15, -0.1) is 0 Å². The minimum Gasteiger partial charge on any atom is -0.481 e. The molecule has 0 aromatic carbocycles. The highest BCUT2D eigenvalue weighted by molar-refractivity contribution is 5.70. The molecule has 0 rings (SSSR count). The second-order valence-corrected chi connectivity index (χ2v) is 7.21. The lowest BCUT2D eigenvalue weighted by molar-refractivity contribution is -0.141. The zero-order chi connectivity index (χ0) is 17.9. The topological polar surface area (TPSA) is 37.3 Å². The predicted octanol–water partition coefficient (Wildman–Crippen LogP) is 7.52. The Balaban J connectivity index is 3.44. The van der Waals surface area contributed by atoms with Crippen LogP contribution in [0.2, 0.25) is 0 Å². The van der Waals surface area contributed by atoms with Gasteiger partial charge >= 0.3 is 5.97 Å². The number of hydrogen-bond donors (Lipinski definition) is 1.